The van der Waals surface area contributed by atoms with Crippen molar-refractivity contribution in [3.05, 3.63) is 64.7 Å². The van der Waals surface area contributed by atoms with Crippen molar-refractivity contribution in [1.82, 2.24) is 4.90 Å². The molecule has 0 amide bonds. The Morgan fingerprint density at radius 3 is 2.78 bits per heavy atom. The first-order chi connectivity index (χ1) is 17.4. The molecule has 1 N–H and O–H groups in total. The zero-order chi connectivity index (χ0) is 24.7. The average molecular weight is 490 g/mol. The van der Waals surface area contributed by atoms with Gasteiger partial charge in [0, 0.05) is 42.0 Å². The van der Waals surface area contributed by atoms with Gasteiger partial charge < -0.3 is 19.3 Å². The van der Waals surface area contributed by atoms with Gasteiger partial charge in [-0.2, -0.15) is 0 Å². The van der Waals surface area contributed by atoms with Crippen molar-refractivity contribution in [2.24, 2.45) is 11.3 Å². The molecule has 4 bridgehead atoms. The average Bonchev–Trinajstić information content (AvgIpc) is 3.25. The van der Waals surface area contributed by atoms with E-state index in [0.29, 0.717) is 13.2 Å². The topological polar surface area (TPSA) is 68.2 Å². The van der Waals surface area contributed by atoms with E-state index in [0.717, 1.165) is 44.4 Å². The predicted molar refractivity (Wildman–Crippen MR) is 134 cm³/mol. The molecular formula is C30H35NO5. The standard InChI is InChI=1S/C30H35NO5/c1-19-8-9-21-14-23-28-10-11-30(34-2,22(15-28)18-35-17-20-6-4-3-5-7-20)27-29(28,25(21)26(19)36-27)12-13-31(23)16-24(32)33/h3-9,22-23,27H,10-18H2,1-2H3,(H,32,33)/t22-,23-,27-,28-,29+,30-/m1/s1. The molecule has 6 atom stereocenters. The summed E-state index contributed by atoms with van der Waals surface area (Å²) in [4.78, 5) is 14.1. The molecule has 2 aromatic carbocycles. The third-order valence-corrected chi connectivity index (χ3v) is 10.6. The second kappa shape index (κ2) is 7.80. The van der Waals surface area contributed by atoms with Crippen LogP contribution in [0, 0.1) is 18.3 Å². The van der Waals surface area contributed by atoms with Crippen LogP contribution in [-0.2, 0) is 32.7 Å². The summed E-state index contributed by atoms with van der Waals surface area (Å²) in [5.41, 5.74) is 4.58. The third kappa shape index (κ3) is 2.70. The Kier molecular flexibility index (Phi) is 4.93. The van der Waals surface area contributed by atoms with E-state index in [-0.39, 0.29) is 35.4 Å². The van der Waals surface area contributed by atoms with Crippen LogP contribution in [0.25, 0.3) is 0 Å². The maximum absolute atomic E-state index is 11.9. The summed E-state index contributed by atoms with van der Waals surface area (Å²) in [6.45, 7) is 4.25. The molecule has 2 heterocycles. The highest BCUT2D eigenvalue weighted by atomic mass is 16.6. The fraction of sp³-hybridized carbons (Fsp3) is 0.567. The van der Waals surface area contributed by atoms with Crippen molar-refractivity contribution in [3.8, 4) is 5.75 Å². The summed E-state index contributed by atoms with van der Waals surface area (Å²) in [6, 6.07) is 15.0. The molecule has 0 unspecified atom stereocenters. The number of hydrogen-bond donors (Lipinski definition) is 1. The molecule has 4 aliphatic carbocycles. The van der Waals surface area contributed by atoms with Crippen molar-refractivity contribution in [2.45, 2.75) is 68.8 Å². The molecule has 6 aliphatic rings. The summed E-state index contributed by atoms with van der Waals surface area (Å²) in [5.74, 6) is 0.528. The number of rotatable bonds is 7. The smallest absolute Gasteiger partial charge is 0.317 e. The lowest BCUT2D eigenvalue weighted by atomic mass is 9.35. The van der Waals surface area contributed by atoms with E-state index in [1.165, 1.54) is 22.3 Å². The first-order valence-corrected chi connectivity index (χ1v) is 13.4. The Hall–Kier alpha value is -2.41. The Morgan fingerprint density at radius 1 is 1.17 bits per heavy atom. The van der Waals surface area contributed by atoms with E-state index in [1.54, 1.807) is 0 Å². The molecule has 2 spiro atoms. The van der Waals surface area contributed by atoms with Crippen LogP contribution < -0.4 is 4.74 Å². The molecule has 0 radical (unpaired) electrons. The number of carbonyl (C=O) groups is 1. The number of aliphatic carboxylic acids is 1. The molecule has 2 aliphatic heterocycles. The number of hydrogen-bond acceptors (Lipinski definition) is 5. The number of carboxylic acids is 1. The number of aryl methyl sites for hydroxylation is 1. The van der Waals surface area contributed by atoms with Crippen molar-refractivity contribution < 1.29 is 24.1 Å². The summed E-state index contributed by atoms with van der Waals surface area (Å²) in [6.07, 6.45) is 4.72. The van der Waals surface area contributed by atoms with Gasteiger partial charge in [0.25, 0.3) is 0 Å². The summed E-state index contributed by atoms with van der Waals surface area (Å²) in [7, 11) is 1.86. The minimum atomic E-state index is -0.738. The Balaban J connectivity index is 1.32. The van der Waals surface area contributed by atoms with Crippen molar-refractivity contribution >= 4 is 5.97 Å². The van der Waals surface area contributed by atoms with Crippen LogP contribution in [0.15, 0.2) is 42.5 Å². The van der Waals surface area contributed by atoms with Crippen LogP contribution >= 0.6 is 0 Å². The van der Waals surface area contributed by atoms with Gasteiger partial charge in [-0.05, 0) is 55.7 Å². The van der Waals surface area contributed by atoms with E-state index in [4.69, 9.17) is 14.2 Å². The molecule has 2 aromatic rings. The number of likely N-dealkylation sites (tertiary alicyclic amines) is 1. The van der Waals surface area contributed by atoms with Gasteiger partial charge in [-0.3, -0.25) is 9.69 Å². The van der Waals surface area contributed by atoms with Gasteiger partial charge in [-0.25, -0.2) is 0 Å². The molecule has 36 heavy (non-hydrogen) atoms. The molecule has 6 nitrogen and oxygen atoms in total. The highest BCUT2D eigenvalue weighted by Gasteiger charge is 2.80. The van der Waals surface area contributed by atoms with Crippen molar-refractivity contribution in [3.63, 3.8) is 0 Å². The SMILES string of the molecule is CO[C@]12CC[C@@]3(C[C@@H]1COCc1ccccc1)[C@H]1Cc4ccc(C)c5c4[C@@]3(CCN1CC(=O)O)[C@H]2O5. The van der Waals surface area contributed by atoms with Gasteiger partial charge >= 0.3 is 5.97 Å². The zero-order valence-electron chi connectivity index (χ0n) is 21.2. The minimum absolute atomic E-state index is 0.0293. The fourth-order valence-corrected chi connectivity index (χ4v) is 9.30. The highest BCUT2D eigenvalue weighted by molar-refractivity contribution is 5.69. The highest BCUT2D eigenvalue weighted by Crippen LogP contribution is 2.76. The van der Waals surface area contributed by atoms with Crippen LogP contribution in [0.5, 0.6) is 5.75 Å². The number of ether oxygens (including phenoxy) is 3. The van der Waals surface area contributed by atoms with Crippen LogP contribution in [-0.4, -0.2) is 60.5 Å². The van der Waals surface area contributed by atoms with Gasteiger partial charge in [0.15, 0.2) is 0 Å². The molecule has 4 fully saturated rings. The molecular weight excluding hydrogens is 454 g/mol. The molecule has 8 rings (SSSR count). The fourth-order valence-electron chi connectivity index (χ4n) is 9.30. The van der Waals surface area contributed by atoms with E-state index < -0.39 is 11.6 Å². The largest absolute Gasteiger partial charge is 0.486 e. The van der Waals surface area contributed by atoms with Crippen LogP contribution in [0.4, 0.5) is 0 Å². The van der Waals surface area contributed by atoms with Gasteiger partial charge in [0.1, 0.15) is 17.5 Å². The molecule has 190 valence electrons. The van der Waals surface area contributed by atoms with Crippen molar-refractivity contribution in [2.75, 3.05) is 26.8 Å². The lowest BCUT2D eigenvalue weighted by molar-refractivity contribution is -0.283. The first-order valence-electron chi connectivity index (χ1n) is 13.4. The van der Waals surface area contributed by atoms with E-state index in [2.05, 4.69) is 36.1 Å². The lowest BCUT2D eigenvalue weighted by Crippen LogP contribution is -2.81. The van der Waals surface area contributed by atoms with Crippen molar-refractivity contribution in [1.29, 1.82) is 0 Å². The summed E-state index contributed by atoms with van der Waals surface area (Å²) >= 11 is 0. The quantitative estimate of drug-likeness (QED) is 0.631. The Morgan fingerprint density at radius 2 is 2.00 bits per heavy atom. The third-order valence-electron chi connectivity index (χ3n) is 10.6. The van der Waals surface area contributed by atoms with Crippen LogP contribution in [0.3, 0.4) is 0 Å². The zero-order valence-corrected chi connectivity index (χ0v) is 21.2. The number of methoxy groups -OCH3 is 1. The molecule has 3 saturated carbocycles. The molecule has 0 aromatic heterocycles. The Bertz CT molecular complexity index is 1220. The number of piperidine rings is 1. The molecule has 1 saturated heterocycles. The van der Waals surface area contributed by atoms with Gasteiger partial charge in [0.05, 0.1) is 19.8 Å². The first kappa shape index (κ1) is 22.8. The second-order valence-electron chi connectivity index (χ2n) is 11.8. The Labute approximate surface area is 212 Å². The van der Waals surface area contributed by atoms with E-state index in [1.807, 2.05) is 25.3 Å². The summed E-state index contributed by atoms with van der Waals surface area (Å²) < 4.78 is 19.9. The maximum atomic E-state index is 11.9. The number of benzene rings is 2. The van der Waals surface area contributed by atoms with E-state index in [9.17, 15) is 9.90 Å². The van der Waals surface area contributed by atoms with E-state index >= 15 is 0 Å². The number of nitrogens with zero attached hydrogens (tertiary/aromatic N) is 1. The second-order valence-corrected chi connectivity index (χ2v) is 11.8. The monoisotopic (exact) mass is 489 g/mol. The van der Waals surface area contributed by atoms with Gasteiger partial charge in [-0.15, -0.1) is 0 Å². The van der Waals surface area contributed by atoms with Crippen LogP contribution in [0.2, 0.25) is 0 Å². The number of carboxylic acid groups (broad SMARTS) is 1. The van der Waals surface area contributed by atoms with Gasteiger partial charge in [0.2, 0.25) is 0 Å². The summed E-state index contributed by atoms with van der Waals surface area (Å²) in [5, 5.41) is 9.77. The lowest BCUT2D eigenvalue weighted by Gasteiger charge is -2.73. The predicted octanol–water partition coefficient (Wildman–Crippen LogP) is 4.11. The van der Waals surface area contributed by atoms with Gasteiger partial charge in [-0.1, -0.05) is 42.5 Å². The minimum Gasteiger partial charge on any atom is -0.486 e. The number of fused-ring (bicyclic) bond motifs is 2. The molecule has 6 heteroatoms. The normalized spacial score (nSPS) is 37.4. The maximum Gasteiger partial charge on any atom is 0.317 e. The van der Waals surface area contributed by atoms with Crippen LogP contribution in [0.1, 0.15) is 47.9 Å².